The van der Waals surface area contributed by atoms with Crippen LogP contribution in [0.2, 0.25) is 0 Å². The normalized spacial score (nSPS) is 11.3. The highest BCUT2D eigenvalue weighted by Gasteiger charge is 2.31. The van der Waals surface area contributed by atoms with Crippen molar-refractivity contribution in [2.45, 2.75) is 33.9 Å². The van der Waals surface area contributed by atoms with Crippen LogP contribution in [0.4, 0.5) is 19.1 Å². The predicted octanol–water partition coefficient (Wildman–Crippen LogP) is 3.24. The molecule has 31 heavy (non-hydrogen) atoms. The van der Waals surface area contributed by atoms with Gasteiger partial charge in [-0.3, -0.25) is 20.4 Å². The van der Waals surface area contributed by atoms with E-state index in [1.807, 2.05) is 0 Å². The Kier molecular flexibility index (Phi) is 5.78. The summed E-state index contributed by atoms with van der Waals surface area (Å²) in [7, 11) is 0. The molecule has 0 spiro atoms. The lowest BCUT2D eigenvalue weighted by atomic mass is 10.1. The second-order valence-electron chi connectivity index (χ2n) is 6.89. The number of hydrogen-bond donors (Lipinski definition) is 2. The van der Waals surface area contributed by atoms with E-state index in [9.17, 15) is 22.8 Å². The van der Waals surface area contributed by atoms with Crippen LogP contribution in [0.1, 0.15) is 38.7 Å². The van der Waals surface area contributed by atoms with Crippen LogP contribution >= 0.6 is 0 Å². The molecule has 0 aliphatic heterocycles. The molecule has 3 aromatic rings. The van der Waals surface area contributed by atoms with Crippen molar-refractivity contribution in [3.8, 4) is 5.69 Å². The predicted molar refractivity (Wildman–Crippen MR) is 106 cm³/mol. The van der Waals surface area contributed by atoms with Crippen LogP contribution in [0.15, 0.2) is 30.3 Å². The molecule has 2 heterocycles. The van der Waals surface area contributed by atoms with Crippen molar-refractivity contribution < 1.29 is 22.8 Å². The van der Waals surface area contributed by atoms with Crippen LogP contribution < -0.4 is 10.9 Å². The maximum absolute atomic E-state index is 13.0. The number of carbonyl (C=O) groups is 2. The summed E-state index contributed by atoms with van der Waals surface area (Å²) in [4.78, 5) is 33.2. The quantitative estimate of drug-likeness (QED) is 0.365. The molecule has 0 saturated carbocycles. The van der Waals surface area contributed by atoms with Crippen LogP contribution in [-0.4, -0.2) is 31.4 Å². The molecular formula is C20H19F3N6O2. The van der Waals surface area contributed by atoms with Crippen molar-refractivity contribution in [3.05, 3.63) is 64.2 Å². The van der Waals surface area contributed by atoms with Gasteiger partial charge in [-0.25, -0.2) is 14.6 Å². The summed E-state index contributed by atoms with van der Waals surface area (Å²) in [6.45, 7) is 6.50. The number of halogens is 3. The van der Waals surface area contributed by atoms with Gasteiger partial charge in [0.2, 0.25) is 5.95 Å². The lowest BCUT2D eigenvalue weighted by Gasteiger charge is -2.10. The molecule has 3 rings (SSSR count). The van der Waals surface area contributed by atoms with Crippen molar-refractivity contribution in [1.29, 1.82) is 0 Å². The Morgan fingerprint density at radius 2 is 1.65 bits per heavy atom. The number of nitrogens with zero attached hydrogens (tertiary/aromatic N) is 4. The van der Waals surface area contributed by atoms with Crippen LogP contribution in [0.5, 0.6) is 0 Å². The van der Waals surface area contributed by atoms with E-state index in [-0.39, 0.29) is 28.6 Å². The Balaban J connectivity index is 1.84. The molecule has 1 aromatic carbocycles. The van der Waals surface area contributed by atoms with Crippen molar-refractivity contribution >= 4 is 17.6 Å². The Morgan fingerprint density at radius 1 is 1.00 bits per heavy atom. The van der Waals surface area contributed by atoms with Gasteiger partial charge in [0.05, 0.1) is 28.2 Å². The summed E-state index contributed by atoms with van der Waals surface area (Å²) in [5.41, 5.74) is 5.78. The van der Waals surface area contributed by atoms with E-state index >= 15 is 0 Å². The molecule has 0 aliphatic carbocycles. The van der Waals surface area contributed by atoms with Crippen LogP contribution in [-0.2, 0) is 11.0 Å². The van der Waals surface area contributed by atoms with Gasteiger partial charge in [-0.2, -0.15) is 18.3 Å². The number of carbonyl (C=O) groups excluding carboxylic acids is 2. The van der Waals surface area contributed by atoms with Gasteiger partial charge in [-0.1, -0.05) is 6.07 Å². The van der Waals surface area contributed by atoms with E-state index in [1.54, 1.807) is 19.9 Å². The van der Waals surface area contributed by atoms with Gasteiger partial charge in [-0.05, 0) is 52.0 Å². The number of benzene rings is 1. The molecule has 0 bridgehead atoms. The molecular weight excluding hydrogens is 413 g/mol. The van der Waals surface area contributed by atoms with E-state index in [2.05, 4.69) is 25.9 Å². The van der Waals surface area contributed by atoms with Gasteiger partial charge in [0, 0.05) is 11.4 Å². The number of amides is 1. The molecule has 0 atom stereocenters. The fourth-order valence-electron chi connectivity index (χ4n) is 3.10. The average Bonchev–Trinajstić information content (AvgIpc) is 2.98. The van der Waals surface area contributed by atoms with Gasteiger partial charge in [0.1, 0.15) is 0 Å². The molecule has 8 nitrogen and oxygen atoms in total. The van der Waals surface area contributed by atoms with Crippen LogP contribution in [0.3, 0.4) is 0 Å². The highest BCUT2D eigenvalue weighted by Crippen LogP contribution is 2.30. The number of hydrazine groups is 1. The van der Waals surface area contributed by atoms with Gasteiger partial charge >= 0.3 is 12.1 Å². The van der Waals surface area contributed by atoms with Gasteiger partial charge in [0.25, 0.3) is 5.78 Å². The highest BCUT2D eigenvalue weighted by atomic mass is 19.4. The van der Waals surface area contributed by atoms with Gasteiger partial charge in [-0.15, -0.1) is 0 Å². The minimum absolute atomic E-state index is 0.00180. The molecule has 0 unspecified atom stereocenters. The lowest BCUT2D eigenvalue weighted by molar-refractivity contribution is -0.137. The molecule has 1 amide bonds. The van der Waals surface area contributed by atoms with Crippen molar-refractivity contribution in [2.24, 2.45) is 0 Å². The number of Topliss-reactive ketones (excluding diaryl/α,β-unsaturated/α-hetero) is 1. The maximum atomic E-state index is 13.0. The number of ketones is 1. The van der Waals surface area contributed by atoms with E-state index < -0.39 is 23.4 Å². The number of nitrogens with one attached hydrogen (secondary N) is 2. The number of alkyl halides is 3. The van der Waals surface area contributed by atoms with Crippen molar-refractivity contribution in [1.82, 2.24) is 25.2 Å². The maximum Gasteiger partial charge on any atom is 0.416 e. The first-order valence-corrected chi connectivity index (χ1v) is 9.14. The number of hydrogen-bond acceptors (Lipinski definition) is 6. The molecule has 0 radical (unpaired) electrons. The molecule has 0 saturated heterocycles. The fraction of sp³-hybridized carbons (Fsp3) is 0.250. The highest BCUT2D eigenvalue weighted by molar-refractivity contribution is 6.43. The molecule has 2 N–H and O–H groups in total. The van der Waals surface area contributed by atoms with Crippen molar-refractivity contribution in [2.75, 3.05) is 5.43 Å². The third kappa shape index (κ3) is 4.71. The number of aryl methyl sites for hydroxylation is 3. The smallest absolute Gasteiger partial charge is 0.283 e. The zero-order chi connectivity index (χ0) is 22.9. The summed E-state index contributed by atoms with van der Waals surface area (Å²) >= 11 is 0. The summed E-state index contributed by atoms with van der Waals surface area (Å²) in [5, 5.41) is 4.15. The fourth-order valence-corrected chi connectivity index (χ4v) is 3.10. The Bertz CT molecular complexity index is 1150. The Morgan fingerprint density at radius 3 is 2.26 bits per heavy atom. The number of anilines is 1. The molecule has 2 aromatic heterocycles. The second kappa shape index (κ2) is 8.17. The number of aromatic nitrogens is 4. The summed E-state index contributed by atoms with van der Waals surface area (Å²) in [6, 6.07) is 6.29. The van der Waals surface area contributed by atoms with Crippen LogP contribution in [0.25, 0.3) is 5.69 Å². The standard InChI is InChI=1S/C20H19F3N6O2/c1-10-8-11(2)25-19(24-10)27-26-18(31)17(30)16-12(3)28-29(13(16)4)15-7-5-6-14(9-15)20(21,22)23/h5-9H,1-4H3,(H,26,31)(H,24,25,27). The molecule has 11 heteroatoms. The number of rotatable bonds is 5. The molecule has 162 valence electrons. The third-order valence-corrected chi connectivity index (χ3v) is 4.41. The largest absolute Gasteiger partial charge is 0.416 e. The average molecular weight is 432 g/mol. The topological polar surface area (TPSA) is 102 Å². The summed E-state index contributed by atoms with van der Waals surface area (Å²) < 4.78 is 40.3. The van der Waals surface area contributed by atoms with E-state index in [4.69, 9.17) is 0 Å². The molecule has 0 fully saturated rings. The minimum atomic E-state index is -4.52. The first-order valence-electron chi connectivity index (χ1n) is 9.14. The minimum Gasteiger partial charge on any atom is -0.283 e. The van der Waals surface area contributed by atoms with Crippen molar-refractivity contribution in [3.63, 3.8) is 0 Å². The van der Waals surface area contributed by atoms with E-state index in [1.165, 1.54) is 30.7 Å². The Labute approximate surface area is 175 Å². The van der Waals surface area contributed by atoms with Gasteiger partial charge < -0.3 is 0 Å². The van der Waals surface area contributed by atoms with E-state index in [0.29, 0.717) is 11.4 Å². The second-order valence-corrected chi connectivity index (χ2v) is 6.89. The zero-order valence-electron chi connectivity index (χ0n) is 17.1. The zero-order valence-corrected chi connectivity index (χ0v) is 17.1. The van der Waals surface area contributed by atoms with Crippen LogP contribution in [0, 0.1) is 27.7 Å². The third-order valence-electron chi connectivity index (χ3n) is 4.41. The van der Waals surface area contributed by atoms with E-state index in [0.717, 1.165) is 12.1 Å². The lowest BCUT2D eigenvalue weighted by Crippen LogP contribution is -2.36. The first-order chi connectivity index (χ1) is 14.5. The van der Waals surface area contributed by atoms with Gasteiger partial charge in [0.15, 0.2) is 0 Å². The SMILES string of the molecule is Cc1cc(C)nc(NNC(=O)C(=O)c2c(C)nn(-c3cccc(C(F)(F)F)c3)c2C)n1. The first kappa shape index (κ1) is 21.9. The monoisotopic (exact) mass is 432 g/mol. The summed E-state index contributed by atoms with van der Waals surface area (Å²) in [5.74, 6) is -1.77. The summed E-state index contributed by atoms with van der Waals surface area (Å²) in [6.07, 6.45) is -4.52. The molecule has 0 aliphatic rings. The Hall–Kier alpha value is -3.76.